The monoisotopic (exact) mass is 508 g/mol. The number of piperazine rings is 1. The van der Waals surface area contributed by atoms with Crippen LogP contribution in [0.5, 0.6) is 0 Å². The summed E-state index contributed by atoms with van der Waals surface area (Å²) >= 11 is 0. The summed E-state index contributed by atoms with van der Waals surface area (Å²) in [6.45, 7) is 11.8. The minimum absolute atomic E-state index is 0.0642. The molecule has 1 saturated heterocycles. The van der Waals surface area contributed by atoms with Crippen molar-refractivity contribution < 1.29 is 19.1 Å². The summed E-state index contributed by atoms with van der Waals surface area (Å²) in [5.41, 5.74) is 8.53. The van der Waals surface area contributed by atoms with Gasteiger partial charge in [0.2, 0.25) is 11.8 Å². The molecule has 2 aromatic carbocycles. The maximum absolute atomic E-state index is 12.8. The highest BCUT2D eigenvalue weighted by molar-refractivity contribution is 5.95. The van der Waals surface area contributed by atoms with Crippen LogP contribution in [-0.2, 0) is 26.2 Å². The summed E-state index contributed by atoms with van der Waals surface area (Å²) in [7, 11) is 1.93. The first-order chi connectivity index (χ1) is 17.2. The topological polar surface area (TPSA) is 105 Å². The first kappa shape index (κ1) is 28.3. The molecule has 0 aliphatic carbocycles. The van der Waals surface area contributed by atoms with Gasteiger partial charge in [-0.15, -0.1) is 0 Å². The lowest BCUT2D eigenvalue weighted by Crippen LogP contribution is -2.49. The van der Waals surface area contributed by atoms with Crippen LogP contribution in [0.4, 0.5) is 5.69 Å². The number of benzene rings is 2. The average molecular weight is 509 g/mol. The predicted octanol–water partition coefficient (Wildman–Crippen LogP) is 2.88. The van der Waals surface area contributed by atoms with E-state index in [4.69, 9.17) is 10.5 Å². The number of ether oxygens (including phenoxy) is 1. The lowest BCUT2D eigenvalue weighted by Gasteiger charge is -2.32. The van der Waals surface area contributed by atoms with E-state index in [1.165, 1.54) is 0 Å². The molecule has 1 atom stereocenters. The lowest BCUT2D eigenvalue weighted by atomic mass is 9.84. The second-order valence-electron chi connectivity index (χ2n) is 11.4. The molecule has 0 spiro atoms. The predicted molar refractivity (Wildman–Crippen MR) is 146 cm³/mol. The summed E-state index contributed by atoms with van der Waals surface area (Å²) < 4.78 is 5.42. The highest BCUT2D eigenvalue weighted by Crippen LogP contribution is 2.24. The molecule has 0 saturated carbocycles. The minimum atomic E-state index is -0.719. The van der Waals surface area contributed by atoms with E-state index >= 15 is 0 Å². The zero-order chi connectivity index (χ0) is 27.4. The van der Waals surface area contributed by atoms with Crippen LogP contribution in [0.3, 0.4) is 0 Å². The summed E-state index contributed by atoms with van der Waals surface area (Å²) in [5.74, 6) is -0.536. The molecule has 200 valence electrons. The van der Waals surface area contributed by atoms with Crippen molar-refractivity contribution >= 4 is 23.5 Å². The van der Waals surface area contributed by atoms with Gasteiger partial charge in [-0.05, 0) is 69.6 Å². The van der Waals surface area contributed by atoms with Gasteiger partial charge in [0, 0.05) is 30.7 Å². The molecule has 1 unspecified atom stereocenters. The van der Waals surface area contributed by atoms with Crippen LogP contribution in [0.25, 0.3) is 0 Å². The van der Waals surface area contributed by atoms with Crippen LogP contribution >= 0.6 is 0 Å². The van der Waals surface area contributed by atoms with E-state index in [0.29, 0.717) is 31.6 Å². The molecule has 0 bridgehead atoms. The quantitative estimate of drug-likeness (QED) is 0.532. The van der Waals surface area contributed by atoms with E-state index in [0.717, 1.165) is 23.4 Å². The number of hydrogen-bond acceptors (Lipinski definition) is 6. The van der Waals surface area contributed by atoms with Gasteiger partial charge in [-0.1, -0.05) is 38.1 Å². The molecule has 1 heterocycles. The molecule has 37 heavy (non-hydrogen) atoms. The first-order valence-corrected chi connectivity index (χ1v) is 12.7. The highest BCUT2D eigenvalue weighted by atomic mass is 16.6. The highest BCUT2D eigenvalue weighted by Gasteiger charge is 2.26. The van der Waals surface area contributed by atoms with Gasteiger partial charge in [0.1, 0.15) is 5.60 Å². The molecule has 1 aliphatic heterocycles. The normalized spacial score (nSPS) is 15.9. The third kappa shape index (κ3) is 7.87. The Labute approximate surface area is 220 Å². The van der Waals surface area contributed by atoms with Crippen molar-refractivity contribution in [1.82, 2.24) is 10.2 Å². The van der Waals surface area contributed by atoms with E-state index in [9.17, 15) is 14.4 Å². The lowest BCUT2D eigenvalue weighted by molar-refractivity contribution is -0.122. The molecular weight excluding hydrogens is 468 g/mol. The van der Waals surface area contributed by atoms with Crippen LogP contribution < -0.4 is 16.0 Å². The fourth-order valence-electron chi connectivity index (χ4n) is 4.20. The van der Waals surface area contributed by atoms with Gasteiger partial charge >= 0.3 is 5.97 Å². The average Bonchev–Trinajstić information content (AvgIpc) is 2.81. The Morgan fingerprint density at radius 3 is 2.35 bits per heavy atom. The molecule has 1 aliphatic rings. The molecule has 3 N–H and O–H groups in total. The van der Waals surface area contributed by atoms with Crippen molar-refractivity contribution in [2.45, 2.75) is 58.1 Å². The number of likely N-dealkylation sites (N-methyl/N-ethyl adjacent to an activating group) is 1. The fourth-order valence-corrected chi connectivity index (χ4v) is 4.20. The number of carbonyl (C=O) groups is 3. The van der Waals surface area contributed by atoms with Gasteiger partial charge in [-0.25, -0.2) is 4.79 Å². The number of amides is 2. The van der Waals surface area contributed by atoms with Crippen molar-refractivity contribution in [3.63, 3.8) is 0 Å². The van der Waals surface area contributed by atoms with Gasteiger partial charge in [-0.2, -0.15) is 0 Å². The van der Waals surface area contributed by atoms with Crippen molar-refractivity contribution in [1.29, 1.82) is 0 Å². The standard InChI is InChI=1S/C29H40N4O4/c1-28(2,3)37-27(36)21-10-12-22(13-11-21)29(4,5)19-31-26(35)24(30)17-20-8-7-9-23(16-20)33-15-14-32(6)18-25(33)34/h7-13,16,24H,14-15,17-19,30H2,1-6H3,(H,31,35). The molecule has 0 radical (unpaired) electrons. The number of hydrogen-bond donors (Lipinski definition) is 2. The van der Waals surface area contributed by atoms with Gasteiger partial charge < -0.3 is 20.7 Å². The Morgan fingerprint density at radius 2 is 1.73 bits per heavy atom. The fraction of sp³-hybridized carbons (Fsp3) is 0.483. The zero-order valence-electron chi connectivity index (χ0n) is 22.8. The molecule has 1 fully saturated rings. The van der Waals surface area contributed by atoms with E-state index in [1.807, 2.05) is 83.0 Å². The van der Waals surface area contributed by atoms with Gasteiger partial charge in [0.05, 0.1) is 18.2 Å². The summed E-state index contributed by atoms with van der Waals surface area (Å²) in [5, 5.41) is 2.97. The number of carbonyl (C=O) groups excluding carboxylic acids is 3. The van der Waals surface area contributed by atoms with Crippen molar-refractivity contribution in [2.24, 2.45) is 5.73 Å². The Morgan fingerprint density at radius 1 is 1.05 bits per heavy atom. The molecule has 8 nitrogen and oxygen atoms in total. The molecule has 8 heteroatoms. The number of esters is 1. The van der Waals surface area contributed by atoms with Crippen molar-refractivity contribution in [2.75, 3.05) is 38.1 Å². The van der Waals surface area contributed by atoms with Crippen LogP contribution in [0, 0.1) is 0 Å². The molecule has 2 aromatic rings. The maximum atomic E-state index is 12.8. The van der Waals surface area contributed by atoms with Crippen molar-refractivity contribution in [3.8, 4) is 0 Å². The summed E-state index contributed by atoms with van der Waals surface area (Å²) in [4.78, 5) is 41.3. The second-order valence-corrected chi connectivity index (χ2v) is 11.4. The van der Waals surface area contributed by atoms with E-state index in [-0.39, 0.29) is 23.2 Å². The second kappa shape index (κ2) is 11.4. The maximum Gasteiger partial charge on any atom is 0.338 e. The number of nitrogens with two attached hydrogens (primary N) is 1. The van der Waals surface area contributed by atoms with Crippen LogP contribution in [-0.4, -0.2) is 67.6 Å². The van der Waals surface area contributed by atoms with Gasteiger partial charge in [0.25, 0.3) is 0 Å². The SMILES string of the molecule is CN1CCN(c2cccc(CC(N)C(=O)NCC(C)(C)c3ccc(C(=O)OC(C)(C)C)cc3)c2)C(=O)C1. The van der Waals surface area contributed by atoms with E-state index < -0.39 is 11.6 Å². The first-order valence-electron chi connectivity index (χ1n) is 12.7. The van der Waals surface area contributed by atoms with Crippen LogP contribution in [0.2, 0.25) is 0 Å². The zero-order valence-corrected chi connectivity index (χ0v) is 22.8. The van der Waals surface area contributed by atoms with Crippen molar-refractivity contribution in [3.05, 3.63) is 65.2 Å². The third-order valence-corrected chi connectivity index (χ3v) is 6.43. The number of rotatable bonds is 8. The Kier molecular flexibility index (Phi) is 8.76. The summed E-state index contributed by atoms with van der Waals surface area (Å²) in [6.07, 6.45) is 0.368. The van der Waals surface area contributed by atoms with E-state index in [1.54, 1.807) is 17.0 Å². The molecular formula is C29H40N4O4. The minimum Gasteiger partial charge on any atom is -0.456 e. The number of nitrogens with zero attached hydrogens (tertiary/aromatic N) is 2. The Hall–Kier alpha value is -3.23. The van der Waals surface area contributed by atoms with Gasteiger partial charge in [-0.3, -0.25) is 14.5 Å². The van der Waals surface area contributed by atoms with Crippen LogP contribution in [0.15, 0.2) is 48.5 Å². The number of anilines is 1. The number of nitrogens with one attached hydrogen (secondary N) is 1. The van der Waals surface area contributed by atoms with Crippen LogP contribution in [0.1, 0.15) is 56.1 Å². The Balaban J connectivity index is 1.56. The smallest absolute Gasteiger partial charge is 0.338 e. The summed E-state index contributed by atoms with van der Waals surface area (Å²) in [6, 6.07) is 14.2. The third-order valence-electron chi connectivity index (χ3n) is 6.43. The van der Waals surface area contributed by atoms with E-state index in [2.05, 4.69) is 5.32 Å². The molecule has 0 aromatic heterocycles. The largest absolute Gasteiger partial charge is 0.456 e. The molecule has 2 amide bonds. The van der Waals surface area contributed by atoms with Gasteiger partial charge in [0.15, 0.2) is 0 Å². The molecule has 3 rings (SSSR count). The Bertz CT molecular complexity index is 1120.